The third-order valence-corrected chi connectivity index (χ3v) is 3.20. The molecule has 0 atom stereocenters. The third kappa shape index (κ3) is 2.80. The van der Waals surface area contributed by atoms with Crippen molar-refractivity contribution in [2.45, 2.75) is 12.8 Å². The van der Waals surface area contributed by atoms with Gasteiger partial charge in [0.15, 0.2) is 0 Å². The number of aliphatic carboxylic acids is 1. The van der Waals surface area contributed by atoms with Crippen LogP contribution in [0.4, 0.5) is 5.69 Å². The average Bonchev–Trinajstić information content (AvgIpc) is 2.80. The number of nitrogens with zero attached hydrogens (tertiary/aromatic N) is 1. The Bertz CT molecular complexity index is 451. The van der Waals surface area contributed by atoms with Gasteiger partial charge in [-0.1, -0.05) is 17.7 Å². The van der Waals surface area contributed by atoms with E-state index in [0.717, 1.165) is 30.4 Å². The summed E-state index contributed by atoms with van der Waals surface area (Å²) < 4.78 is 0. The second-order valence-electron chi connectivity index (χ2n) is 4.04. The Balaban J connectivity index is 2.36. The molecule has 0 bridgehead atoms. The highest BCUT2D eigenvalue weighted by Gasteiger charge is 2.16. The van der Waals surface area contributed by atoms with Gasteiger partial charge in [0.05, 0.1) is 0 Å². The molecule has 0 amide bonds. The van der Waals surface area contributed by atoms with E-state index in [4.69, 9.17) is 16.7 Å². The lowest BCUT2D eigenvalue weighted by atomic mass is 10.1. The average molecular weight is 252 g/mol. The van der Waals surface area contributed by atoms with Crippen LogP contribution in [0.2, 0.25) is 5.02 Å². The van der Waals surface area contributed by atoms with E-state index in [1.54, 1.807) is 12.1 Å². The van der Waals surface area contributed by atoms with Gasteiger partial charge in [0.2, 0.25) is 0 Å². The van der Waals surface area contributed by atoms with Gasteiger partial charge in [0.1, 0.15) is 0 Å². The highest BCUT2D eigenvalue weighted by atomic mass is 35.5. The van der Waals surface area contributed by atoms with E-state index in [0.29, 0.717) is 5.02 Å². The van der Waals surface area contributed by atoms with E-state index < -0.39 is 5.97 Å². The Hall–Kier alpha value is -1.48. The summed E-state index contributed by atoms with van der Waals surface area (Å²) >= 11 is 6.12. The number of hydrogen-bond acceptors (Lipinski definition) is 2. The standard InChI is InChI=1S/C13H14ClNO2/c14-11-4-3-5-12(15-8-1-2-9-15)10(11)6-7-13(16)17/h3-7H,1-2,8-9H2,(H,16,17)/b7-6+. The minimum Gasteiger partial charge on any atom is -0.478 e. The predicted octanol–water partition coefficient (Wildman–Crippen LogP) is 3.04. The van der Waals surface area contributed by atoms with Crippen molar-refractivity contribution in [3.8, 4) is 0 Å². The molecule has 4 heteroatoms. The maximum Gasteiger partial charge on any atom is 0.328 e. The maximum atomic E-state index is 10.6. The molecule has 0 unspecified atom stereocenters. The summed E-state index contributed by atoms with van der Waals surface area (Å²) in [6.07, 6.45) is 5.04. The van der Waals surface area contributed by atoms with Gasteiger partial charge in [0.25, 0.3) is 0 Å². The molecule has 1 aliphatic heterocycles. The molecule has 90 valence electrons. The molecular weight excluding hydrogens is 238 g/mol. The first-order chi connectivity index (χ1) is 8.18. The molecule has 0 aromatic heterocycles. The maximum absolute atomic E-state index is 10.6. The van der Waals surface area contributed by atoms with Gasteiger partial charge < -0.3 is 10.0 Å². The fourth-order valence-corrected chi connectivity index (χ4v) is 2.31. The van der Waals surface area contributed by atoms with E-state index in [1.807, 2.05) is 12.1 Å². The summed E-state index contributed by atoms with van der Waals surface area (Å²) in [7, 11) is 0. The molecule has 17 heavy (non-hydrogen) atoms. The first-order valence-electron chi connectivity index (χ1n) is 5.63. The Morgan fingerprint density at radius 2 is 2.06 bits per heavy atom. The quantitative estimate of drug-likeness (QED) is 0.840. The Morgan fingerprint density at radius 3 is 2.71 bits per heavy atom. The van der Waals surface area contributed by atoms with Gasteiger partial charge in [0, 0.05) is 35.4 Å². The topological polar surface area (TPSA) is 40.5 Å². The van der Waals surface area contributed by atoms with E-state index >= 15 is 0 Å². The minimum absolute atomic E-state index is 0.590. The number of carboxylic acids is 1. The van der Waals surface area contributed by atoms with Gasteiger partial charge in [-0.3, -0.25) is 0 Å². The van der Waals surface area contributed by atoms with E-state index in [-0.39, 0.29) is 0 Å². The molecular formula is C13H14ClNO2. The van der Waals surface area contributed by atoms with Crippen LogP contribution < -0.4 is 4.90 Å². The zero-order valence-electron chi connectivity index (χ0n) is 9.40. The molecule has 0 spiro atoms. The molecule has 2 rings (SSSR count). The van der Waals surface area contributed by atoms with E-state index in [2.05, 4.69) is 4.90 Å². The van der Waals surface area contributed by atoms with Gasteiger partial charge in [-0.05, 0) is 31.1 Å². The van der Waals surface area contributed by atoms with Crippen LogP contribution in [0.15, 0.2) is 24.3 Å². The lowest BCUT2D eigenvalue weighted by Gasteiger charge is -2.20. The number of benzene rings is 1. The number of hydrogen-bond donors (Lipinski definition) is 1. The normalized spacial score (nSPS) is 15.7. The smallest absolute Gasteiger partial charge is 0.328 e. The summed E-state index contributed by atoms with van der Waals surface area (Å²) in [5.74, 6) is -0.961. The summed E-state index contributed by atoms with van der Waals surface area (Å²) in [5.41, 5.74) is 1.81. The number of carbonyl (C=O) groups is 1. The number of rotatable bonds is 3. The van der Waals surface area contributed by atoms with Crippen molar-refractivity contribution in [3.63, 3.8) is 0 Å². The number of anilines is 1. The molecule has 1 heterocycles. The molecule has 0 radical (unpaired) electrons. The summed E-state index contributed by atoms with van der Waals surface area (Å²) in [6.45, 7) is 2.02. The Morgan fingerprint density at radius 1 is 1.35 bits per heavy atom. The fraction of sp³-hybridized carbons (Fsp3) is 0.308. The first-order valence-corrected chi connectivity index (χ1v) is 6.01. The molecule has 1 saturated heterocycles. The summed E-state index contributed by atoms with van der Waals surface area (Å²) in [6, 6.07) is 5.66. The number of carboxylic acid groups (broad SMARTS) is 1. The zero-order chi connectivity index (χ0) is 12.3. The minimum atomic E-state index is -0.961. The van der Waals surface area contributed by atoms with Gasteiger partial charge >= 0.3 is 5.97 Å². The van der Waals surface area contributed by atoms with Gasteiger partial charge in [-0.25, -0.2) is 4.79 Å². The van der Waals surface area contributed by atoms with Gasteiger partial charge in [-0.15, -0.1) is 0 Å². The summed E-state index contributed by atoms with van der Waals surface area (Å²) in [5, 5.41) is 9.27. The first kappa shape index (κ1) is 12.0. The molecule has 0 aliphatic carbocycles. The van der Waals surface area contributed by atoms with E-state index in [1.165, 1.54) is 12.8 Å². The van der Waals surface area contributed by atoms with Gasteiger partial charge in [-0.2, -0.15) is 0 Å². The van der Waals surface area contributed by atoms with Crippen LogP contribution in [0.3, 0.4) is 0 Å². The van der Waals surface area contributed by atoms with Crippen molar-refractivity contribution in [1.29, 1.82) is 0 Å². The number of halogens is 1. The molecule has 1 aliphatic rings. The van der Waals surface area contributed by atoms with Crippen molar-refractivity contribution in [3.05, 3.63) is 34.9 Å². The SMILES string of the molecule is O=C(O)/C=C/c1c(Cl)cccc1N1CCCC1. The lowest BCUT2D eigenvalue weighted by molar-refractivity contribution is -0.131. The van der Waals surface area contributed by atoms with Crippen molar-refractivity contribution < 1.29 is 9.90 Å². The summed E-state index contributed by atoms with van der Waals surface area (Å²) in [4.78, 5) is 12.8. The fourth-order valence-electron chi connectivity index (χ4n) is 2.08. The van der Waals surface area contributed by atoms with Crippen molar-refractivity contribution in [2.24, 2.45) is 0 Å². The van der Waals surface area contributed by atoms with Crippen LogP contribution in [0.25, 0.3) is 6.08 Å². The lowest BCUT2D eigenvalue weighted by Crippen LogP contribution is -2.18. The Labute approximate surface area is 105 Å². The molecule has 1 aromatic rings. The van der Waals surface area contributed by atoms with Crippen LogP contribution in [0, 0.1) is 0 Å². The predicted molar refractivity (Wildman–Crippen MR) is 69.6 cm³/mol. The van der Waals surface area contributed by atoms with Crippen LogP contribution in [0.5, 0.6) is 0 Å². The molecule has 1 N–H and O–H groups in total. The van der Waals surface area contributed by atoms with Crippen molar-refractivity contribution in [2.75, 3.05) is 18.0 Å². The highest BCUT2D eigenvalue weighted by Crippen LogP contribution is 2.30. The molecule has 1 fully saturated rings. The molecule has 0 saturated carbocycles. The highest BCUT2D eigenvalue weighted by molar-refractivity contribution is 6.32. The van der Waals surface area contributed by atoms with Crippen molar-refractivity contribution in [1.82, 2.24) is 0 Å². The third-order valence-electron chi connectivity index (χ3n) is 2.87. The van der Waals surface area contributed by atoms with E-state index in [9.17, 15) is 4.79 Å². The van der Waals surface area contributed by atoms with Crippen molar-refractivity contribution >= 4 is 29.3 Å². The second kappa shape index (κ2) is 5.23. The van der Waals surface area contributed by atoms with Crippen LogP contribution >= 0.6 is 11.6 Å². The zero-order valence-corrected chi connectivity index (χ0v) is 10.2. The molecule has 1 aromatic carbocycles. The largest absolute Gasteiger partial charge is 0.478 e. The molecule has 3 nitrogen and oxygen atoms in total. The second-order valence-corrected chi connectivity index (χ2v) is 4.45. The van der Waals surface area contributed by atoms with Crippen LogP contribution in [0.1, 0.15) is 18.4 Å². The Kier molecular flexibility index (Phi) is 3.69. The van der Waals surface area contributed by atoms with Crippen LogP contribution in [-0.2, 0) is 4.79 Å². The van der Waals surface area contributed by atoms with Crippen LogP contribution in [-0.4, -0.2) is 24.2 Å². The monoisotopic (exact) mass is 251 g/mol.